The molecule has 1 aliphatic rings. The molecule has 0 saturated carbocycles. The first kappa shape index (κ1) is 15.3. The highest BCUT2D eigenvalue weighted by atomic mass is 32.1. The third kappa shape index (κ3) is 2.68. The molecule has 5 nitrogen and oxygen atoms in total. The van der Waals surface area contributed by atoms with Gasteiger partial charge in [-0.05, 0) is 36.4 Å². The van der Waals surface area contributed by atoms with Crippen molar-refractivity contribution in [3.8, 4) is 0 Å². The van der Waals surface area contributed by atoms with Gasteiger partial charge < -0.3 is 10.2 Å². The average molecular weight is 360 g/mol. The lowest BCUT2D eigenvalue weighted by molar-refractivity contribution is -0.120. The second kappa shape index (κ2) is 6.07. The van der Waals surface area contributed by atoms with Gasteiger partial charge in [0.1, 0.15) is 0 Å². The van der Waals surface area contributed by atoms with Crippen LogP contribution in [0.2, 0.25) is 0 Å². The highest BCUT2D eigenvalue weighted by molar-refractivity contribution is 7.22. The summed E-state index contributed by atoms with van der Waals surface area (Å²) in [4.78, 5) is 23.6. The molecule has 1 N–H and O–H groups in total. The molecule has 5 rings (SSSR count). The Morgan fingerprint density at radius 2 is 1.96 bits per heavy atom. The average Bonchev–Trinajstić information content (AvgIpc) is 3.03. The normalized spacial score (nSPS) is 14.5. The summed E-state index contributed by atoms with van der Waals surface area (Å²) < 4.78 is 1.18. The van der Waals surface area contributed by atoms with Crippen LogP contribution in [-0.2, 0) is 4.79 Å². The second-order valence-corrected chi connectivity index (χ2v) is 7.48. The summed E-state index contributed by atoms with van der Waals surface area (Å²) in [5, 5.41) is 5.04. The summed E-state index contributed by atoms with van der Waals surface area (Å²) in [7, 11) is 0. The van der Waals surface area contributed by atoms with Crippen LogP contribution >= 0.6 is 11.3 Å². The number of rotatable bonds is 3. The van der Waals surface area contributed by atoms with Crippen LogP contribution in [0.3, 0.4) is 0 Å². The Morgan fingerprint density at radius 1 is 1.08 bits per heavy atom. The molecule has 3 heterocycles. The van der Waals surface area contributed by atoms with E-state index in [-0.39, 0.29) is 11.8 Å². The number of para-hydroxylation sites is 1. The Labute approximate surface area is 154 Å². The molecule has 2 aromatic heterocycles. The molecule has 0 aliphatic carbocycles. The molecule has 128 valence electrons. The number of carbonyl (C=O) groups is 1. The van der Waals surface area contributed by atoms with Gasteiger partial charge in [0.05, 0.1) is 21.7 Å². The maximum atomic E-state index is 12.5. The van der Waals surface area contributed by atoms with Gasteiger partial charge in [-0.1, -0.05) is 29.5 Å². The van der Waals surface area contributed by atoms with Gasteiger partial charge in [0.2, 0.25) is 5.91 Å². The first-order valence-corrected chi connectivity index (χ1v) is 9.34. The zero-order valence-corrected chi connectivity index (χ0v) is 14.7. The van der Waals surface area contributed by atoms with Crippen molar-refractivity contribution >= 4 is 49.2 Å². The number of nitrogens with one attached hydrogen (secondary N) is 1. The number of hydrogen-bond donors (Lipinski definition) is 1. The molecule has 0 unspecified atom stereocenters. The third-order valence-corrected chi connectivity index (χ3v) is 5.77. The molecule has 26 heavy (non-hydrogen) atoms. The van der Waals surface area contributed by atoms with E-state index in [9.17, 15) is 4.79 Å². The SMILES string of the molecule is O=C(Nc1ccc2ncccc2c1)C1CN(c2nc3ccccc3s2)C1. The summed E-state index contributed by atoms with van der Waals surface area (Å²) in [6, 6.07) is 17.8. The van der Waals surface area contributed by atoms with Crippen molar-refractivity contribution in [1.82, 2.24) is 9.97 Å². The van der Waals surface area contributed by atoms with E-state index in [1.54, 1.807) is 17.5 Å². The van der Waals surface area contributed by atoms with Gasteiger partial charge in [-0.25, -0.2) is 4.98 Å². The Kier molecular flexibility index (Phi) is 3.57. The zero-order chi connectivity index (χ0) is 17.5. The van der Waals surface area contributed by atoms with Crippen LogP contribution < -0.4 is 10.2 Å². The second-order valence-electron chi connectivity index (χ2n) is 6.47. The maximum Gasteiger partial charge on any atom is 0.231 e. The van der Waals surface area contributed by atoms with Crippen molar-refractivity contribution in [2.45, 2.75) is 0 Å². The van der Waals surface area contributed by atoms with Gasteiger partial charge in [0, 0.05) is 30.4 Å². The number of amides is 1. The summed E-state index contributed by atoms with van der Waals surface area (Å²) >= 11 is 1.68. The molecule has 0 bridgehead atoms. The van der Waals surface area contributed by atoms with Crippen molar-refractivity contribution < 1.29 is 4.79 Å². The molecular weight excluding hydrogens is 344 g/mol. The predicted octanol–water partition coefficient (Wildman–Crippen LogP) is 3.92. The van der Waals surface area contributed by atoms with Crippen LogP contribution in [-0.4, -0.2) is 29.0 Å². The van der Waals surface area contributed by atoms with Crippen LogP contribution in [0.5, 0.6) is 0 Å². The van der Waals surface area contributed by atoms with E-state index in [2.05, 4.69) is 26.3 Å². The van der Waals surface area contributed by atoms with Crippen molar-refractivity contribution in [3.05, 3.63) is 60.8 Å². The lowest BCUT2D eigenvalue weighted by Crippen LogP contribution is -2.52. The number of aromatic nitrogens is 2. The topological polar surface area (TPSA) is 58.1 Å². The van der Waals surface area contributed by atoms with E-state index in [4.69, 9.17) is 0 Å². The molecule has 2 aromatic carbocycles. The van der Waals surface area contributed by atoms with Gasteiger partial charge >= 0.3 is 0 Å². The molecular formula is C20H16N4OS. The minimum Gasteiger partial charge on any atom is -0.346 e. The fourth-order valence-corrected chi connectivity index (χ4v) is 4.18. The maximum absolute atomic E-state index is 12.5. The van der Waals surface area contributed by atoms with E-state index in [0.717, 1.165) is 27.2 Å². The van der Waals surface area contributed by atoms with Gasteiger partial charge in [-0.3, -0.25) is 9.78 Å². The Hall–Kier alpha value is -2.99. The van der Waals surface area contributed by atoms with Crippen LogP contribution in [0.1, 0.15) is 0 Å². The first-order chi connectivity index (χ1) is 12.8. The number of fused-ring (bicyclic) bond motifs is 2. The van der Waals surface area contributed by atoms with E-state index >= 15 is 0 Å². The van der Waals surface area contributed by atoms with Crippen molar-refractivity contribution in [2.24, 2.45) is 5.92 Å². The Balaban J connectivity index is 1.25. The van der Waals surface area contributed by atoms with Crippen LogP contribution in [0, 0.1) is 5.92 Å². The largest absolute Gasteiger partial charge is 0.346 e. The molecule has 1 amide bonds. The Bertz CT molecular complexity index is 1080. The number of benzene rings is 2. The minimum atomic E-state index is -0.00777. The van der Waals surface area contributed by atoms with E-state index < -0.39 is 0 Å². The monoisotopic (exact) mass is 360 g/mol. The minimum absolute atomic E-state index is 0.00777. The van der Waals surface area contributed by atoms with Gasteiger partial charge in [0.15, 0.2) is 5.13 Å². The van der Waals surface area contributed by atoms with E-state index in [0.29, 0.717) is 13.1 Å². The van der Waals surface area contributed by atoms with Crippen LogP contribution in [0.25, 0.3) is 21.1 Å². The molecule has 0 radical (unpaired) electrons. The molecule has 1 fully saturated rings. The van der Waals surface area contributed by atoms with Gasteiger partial charge in [-0.2, -0.15) is 0 Å². The van der Waals surface area contributed by atoms with Gasteiger partial charge in [0.25, 0.3) is 0 Å². The lowest BCUT2D eigenvalue weighted by Gasteiger charge is -2.37. The van der Waals surface area contributed by atoms with Crippen molar-refractivity contribution in [2.75, 3.05) is 23.3 Å². The number of hydrogen-bond acceptors (Lipinski definition) is 5. The summed E-state index contributed by atoms with van der Waals surface area (Å²) in [6.07, 6.45) is 1.77. The molecule has 6 heteroatoms. The van der Waals surface area contributed by atoms with Crippen molar-refractivity contribution in [1.29, 1.82) is 0 Å². The molecule has 4 aromatic rings. The molecule has 1 saturated heterocycles. The molecule has 0 spiro atoms. The predicted molar refractivity (Wildman–Crippen MR) is 106 cm³/mol. The number of anilines is 2. The third-order valence-electron chi connectivity index (χ3n) is 4.68. The fourth-order valence-electron chi connectivity index (χ4n) is 3.19. The molecule has 0 atom stereocenters. The van der Waals surface area contributed by atoms with Gasteiger partial charge in [-0.15, -0.1) is 0 Å². The summed E-state index contributed by atoms with van der Waals surface area (Å²) in [5.74, 6) is 0.0530. The van der Waals surface area contributed by atoms with Crippen molar-refractivity contribution in [3.63, 3.8) is 0 Å². The zero-order valence-electron chi connectivity index (χ0n) is 13.9. The summed E-state index contributed by atoms with van der Waals surface area (Å²) in [6.45, 7) is 1.42. The highest BCUT2D eigenvalue weighted by Gasteiger charge is 2.34. The molecule has 1 aliphatic heterocycles. The van der Waals surface area contributed by atoms with E-state index in [1.807, 2.05) is 48.5 Å². The van der Waals surface area contributed by atoms with Crippen LogP contribution in [0.4, 0.5) is 10.8 Å². The number of pyridine rings is 1. The number of thiazole rings is 1. The standard InChI is InChI=1S/C20H16N4OS/c25-19(22-15-7-8-16-13(10-15)4-3-9-21-16)14-11-24(12-14)20-23-17-5-1-2-6-18(17)26-20/h1-10,14H,11-12H2,(H,22,25). The lowest BCUT2D eigenvalue weighted by atomic mass is 10.00. The first-order valence-electron chi connectivity index (χ1n) is 8.52. The quantitative estimate of drug-likeness (QED) is 0.602. The fraction of sp³-hybridized carbons (Fsp3) is 0.150. The summed E-state index contributed by atoms with van der Waals surface area (Å²) in [5.41, 5.74) is 2.76. The highest BCUT2D eigenvalue weighted by Crippen LogP contribution is 2.33. The number of carbonyl (C=O) groups excluding carboxylic acids is 1. The Morgan fingerprint density at radius 3 is 2.85 bits per heavy atom. The van der Waals surface area contributed by atoms with Crippen LogP contribution in [0.15, 0.2) is 60.8 Å². The smallest absolute Gasteiger partial charge is 0.231 e. The number of nitrogens with zero attached hydrogens (tertiary/aromatic N) is 3. The van der Waals surface area contributed by atoms with E-state index in [1.165, 1.54) is 4.70 Å².